The molecule has 0 radical (unpaired) electrons. The van der Waals surface area contributed by atoms with E-state index in [1.807, 2.05) is 0 Å². The lowest BCUT2D eigenvalue weighted by atomic mass is 10.1. The van der Waals surface area contributed by atoms with Crippen molar-refractivity contribution in [3.05, 3.63) is 35.9 Å². The van der Waals surface area contributed by atoms with Crippen LogP contribution >= 0.6 is 0 Å². The van der Waals surface area contributed by atoms with Gasteiger partial charge in [-0.25, -0.2) is 0 Å². The van der Waals surface area contributed by atoms with Gasteiger partial charge < -0.3 is 15.4 Å². The Morgan fingerprint density at radius 1 is 1.14 bits per heavy atom. The monoisotopic (exact) mass is 289 g/mol. The van der Waals surface area contributed by atoms with E-state index < -0.39 is 0 Å². The second-order valence-corrected chi connectivity index (χ2v) is 6.30. The summed E-state index contributed by atoms with van der Waals surface area (Å²) in [5, 5.41) is 0. The fraction of sp³-hybridized carbons (Fsp3) is 0.647. The number of ether oxygens (including phenoxy) is 1. The van der Waals surface area contributed by atoms with E-state index in [2.05, 4.69) is 40.1 Å². The van der Waals surface area contributed by atoms with E-state index in [0.29, 0.717) is 6.04 Å². The van der Waals surface area contributed by atoms with E-state index in [-0.39, 0.29) is 6.04 Å². The number of hydrogen-bond donors (Lipinski definition) is 1. The summed E-state index contributed by atoms with van der Waals surface area (Å²) in [6.45, 7) is 7.33. The highest BCUT2D eigenvalue weighted by atomic mass is 16.5. The molecule has 0 aliphatic carbocycles. The quantitative estimate of drug-likeness (QED) is 0.877. The highest BCUT2D eigenvalue weighted by molar-refractivity contribution is 5.15. The van der Waals surface area contributed by atoms with Crippen molar-refractivity contribution in [2.24, 2.45) is 5.73 Å². The smallest absolute Gasteiger partial charge is 0.0594 e. The van der Waals surface area contributed by atoms with E-state index >= 15 is 0 Å². The van der Waals surface area contributed by atoms with Crippen LogP contribution in [-0.4, -0.2) is 67.8 Å². The van der Waals surface area contributed by atoms with Crippen LogP contribution in [0, 0.1) is 0 Å². The zero-order valence-corrected chi connectivity index (χ0v) is 12.8. The van der Waals surface area contributed by atoms with Gasteiger partial charge in [-0.3, -0.25) is 4.90 Å². The van der Waals surface area contributed by atoms with Gasteiger partial charge in [0.05, 0.1) is 13.2 Å². The Morgan fingerprint density at radius 3 is 2.67 bits per heavy atom. The van der Waals surface area contributed by atoms with Gasteiger partial charge >= 0.3 is 0 Å². The maximum Gasteiger partial charge on any atom is 0.0594 e. The summed E-state index contributed by atoms with van der Waals surface area (Å²) in [7, 11) is 0. The predicted octanol–water partition coefficient (Wildman–Crippen LogP) is 0.963. The van der Waals surface area contributed by atoms with Gasteiger partial charge in [-0.2, -0.15) is 0 Å². The van der Waals surface area contributed by atoms with E-state index in [1.165, 1.54) is 25.1 Å². The fourth-order valence-electron chi connectivity index (χ4n) is 3.53. The average Bonchev–Trinajstić information content (AvgIpc) is 2.97. The molecule has 0 amide bonds. The number of benzene rings is 1. The topological polar surface area (TPSA) is 41.7 Å². The molecular formula is C17H27N3O. The normalized spacial score (nSPS) is 26.0. The largest absolute Gasteiger partial charge is 0.379 e. The Hall–Kier alpha value is -0.940. The van der Waals surface area contributed by atoms with Crippen molar-refractivity contribution in [3.63, 3.8) is 0 Å². The molecule has 2 N–H and O–H groups in total. The lowest BCUT2D eigenvalue weighted by Gasteiger charge is -2.32. The molecule has 1 aromatic rings. The fourth-order valence-corrected chi connectivity index (χ4v) is 3.53. The summed E-state index contributed by atoms with van der Waals surface area (Å²) in [6.07, 6.45) is 2.25. The Labute approximate surface area is 127 Å². The minimum Gasteiger partial charge on any atom is -0.379 e. The van der Waals surface area contributed by atoms with Crippen molar-refractivity contribution in [2.75, 3.05) is 45.9 Å². The van der Waals surface area contributed by atoms with Crippen molar-refractivity contribution in [1.82, 2.24) is 9.80 Å². The number of hydrogen-bond acceptors (Lipinski definition) is 4. The number of nitrogens with zero attached hydrogens (tertiary/aromatic N) is 2. The van der Waals surface area contributed by atoms with Crippen LogP contribution in [0.1, 0.15) is 12.0 Å². The van der Waals surface area contributed by atoms with Gasteiger partial charge in [0, 0.05) is 38.3 Å². The number of morpholine rings is 1. The zero-order chi connectivity index (χ0) is 14.5. The molecule has 0 bridgehead atoms. The minimum absolute atomic E-state index is 0.232. The molecule has 2 saturated heterocycles. The highest BCUT2D eigenvalue weighted by Crippen LogP contribution is 2.17. The number of likely N-dealkylation sites (tertiary alicyclic amines) is 1. The molecule has 2 unspecified atom stereocenters. The van der Waals surface area contributed by atoms with Crippen molar-refractivity contribution < 1.29 is 4.74 Å². The first kappa shape index (κ1) is 15.0. The standard InChI is InChI=1S/C17H27N3O/c18-16(12-15-4-2-1-3-5-15)13-19-7-6-17(14-19)20-8-10-21-11-9-20/h1-5,16-17H,6-14,18H2. The van der Waals surface area contributed by atoms with Gasteiger partial charge in [-0.1, -0.05) is 30.3 Å². The summed E-state index contributed by atoms with van der Waals surface area (Å²) in [5.41, 5.74) is 7.68. The van der Waals surface area contributed by atoms with E-state index in [0.717, 1.165) is 39.3 Å². The molecule has 116 valence electrons. The van der Waals surface area contributed by atoms with Crippen LogP contribution in [0.5, 0.6) is 0 Å². The predicted molar refractivity (Wildman–Crippen MR) is 85.4 cm³/mol. The maximum absolute atomic E-state index is 6.33. The highest BCUT2D eigenvalue weighted by Gasteiger charge is 2.29. The van der Waals surface area contributed by atoms with Crippen LogP contribution in [0.15, 0.2) is 30.3 Å². The molecule has 21 heavy (non-hydrogen) atoms. The molecule has 4 nitrogen and oxygen atoms in total. The molecule has 2 heterocycles. The molecule has 1 aromatic carbocycles. The molecule has 4 heteroatoms. The second-order valence-electron chi connectivity index (χ2n) is 6.30. The SMILES string of the molecule is NC(Cc1ccccc1)CN1CCC(N2CCOCC2)C1. The molecule has 2 aliphatic rings. The molecule has 3 rings (SSSR count). The third-order valence-corrected chi connectivity index (χ3v) is 4.64. The van der Waals surface area contributed by atoms with E-state index in [1.54, 1.807) is 0 Å². The van der Waals surface area contributed by atoms with Crippen molar-refractivity contribution in [2.45, 2.75) is 24.9 Å². The lowest BCUT2D eigenvalue weighted by molar-refractivity contribution is 0.0184. The molecule has 2 fully saturated rings. The van der Waals surface area contributed by atoms with Crippen molar-refractivity contribution in [1.29, 1.82) is 0 Å². The first-order valence-corrected chi connectivity index (χ1v) is 8.15. The molecule has 2 aliphatic heterocycles. The van der Waals surface area contributed by atoms with Gasteiger partial charge in [-0.05, 0) is 24.9 Å². The number of nitrogens with two attached hydrogens (primary N) is 1. The summed E-state index contributed by atoms with van der Waals surface area (Å²) in [4.78, 5) is 5.12. The third kappa shape index (κ3) is 4.27. The zero-order valence-electron chi connectivity index (χ0n) is 12.8. The summed E-state index contributed by atoms with van der Waals surface area (Å²) >= 11 is 0. The summed E-state index contributed by atoms with van der Waals surface area (Å²) in [5.74, 6) is 0. The van der Waals surface area contributed by atoms with Gasteiger partial charge in [0.1, 0.15) is 0 Å². The van der Waals surface area contributed by atoms with Crippen molar-refractivity contribution in [3.8, 4) is 0 Å². The minimum atomic E-state index is 0.232. The summed E-state index contributed by atoms with van der Waals surface area (Å²) < 4.78 is 5.44. The van der Waals surface area contributed by atoms with Crippen molar-refractivity contribution >= 4 is 0 Å². The Kier molecular flexibility index (Phi) is 5.25. The average molecular weight is 289 g/mol. The Balaban J connectivity index is 1.43. The van der Waals surface area contributed by atoms with Gasteiger partial charge in [0.15, 0.2) is 0 Å². The Morgan fingerprint density at radius 2 is 1.90 bits per heavy atom. The molecule has 0 saturated carbocycles. The van der Waals surface area contributed by atoms with Crippen LogP contribution in [0.3, 0.4) is 0 Å². The molecule has 0 spiro atoms. The van der Waals surface area contributed by atoms with Crippen LogP contribution in [0.4, 0.5) is 0 Å². The number of rotatable bonds is 5. The molecular weight excluding hydrogens is 262 g/mol. The van der Waals surface area contributed by atoms with Gasteiger partial charge in [0.2, 0.25) is 0 Å². The third-order valence-electron chi connectivity index (χ3n) is 4.64. The molecule has 2 atom stereocenters. The van der Waals surface area contributed by atoms with Crippen LogP contribution < -0.4 is 5.73 Å². The van der Waals surface area contributed by atoms with Crippen LogP contribution in [0.2, 0.25) is 0 Å². The first-order chi connectivity index (χ1) is 10.3. The van der Waals surface area contributed by atoms with Crippen LogP contribution in [0.25, 0.3) is 0 Å². The second kappa shape index (κ2) is 7.36. The van der Waals surface area contributed by atoms with Crippen LogP contribution in [-0.2, 0) is 11.2 Å². The van der Waals surface area contributed by atoms with E-state index in [4.69, 9.17) is 10.5 Å². The van der Waals surface area contributed by atoms with Gasteiger partial charge in [0.25, 0.3) is 0 Å². The lowest BCUT2D eigenvalue weighted by Crippen LogP contribution is -2.45. The maximum atomic E-state index is 6.33. The Bertz CT molecular complexity index is 419. The van der Waals surface area contributed by atoms with Gasteiger partial charge in [-0.15, -0.1) is 0 Å². The van der Waals surface area contributed by atoms with E-state index in [9.17, 15) is 0 Å². The molecule has 0 aromatic heterocycles. The first-order valence-electron chi connectivity index (χ1n) is 8.15. The summed E-state index contributed by atoms with van der Waals surface area (Å²) in [6, 6.07) is 11.5.